The highest BCUT2D eigenvalue weighted by Gasteiger charge is 2.25. The van der Waals surface area contributed by atoms with E-state index in [1.807, 2.05) is 24.5 Å². The fourth-order valence-corrected chi connectivity index (χ4v) is 4.85. The number of aromatic nitrogens is 8. The van der Waals surface area contributed by atoms with E-state index in [-0.39, 0.29) is 6.04 Å². The van der Waals surface area contributed by atoms with Gasteiger partial charge in [-0.1, -0.05) is 0 Å². The number of pyridine rings is 2. The van der Waals surface area contributed by atoms with Crippen molar-refractivity contribution >= 4 is 33.6 Å². The van der Waals surface area contributed by atoms with Crippen molar-refractivity contribution in [2.24, 2.45) is 5.73 Å². The van der Waals surface area contributed by atoms with E-state index in [2.05, 4.69) is 46.9 Å². The van der Waals surface area contributed by atoms with E-state index < -0.39 is 0 Å². The van der Waals surface area contributed by atoms with Crippen molar-refractivity contribution in [2.75, 3.05) is 56.1 Å². The maximum Gasteiger partial charge on any atom is 0.161 e. The first-order valence-corrected chi connectivity index (χ1v) is 12.1. The molecule has 0 bridgehead atoms. The van der Waals surface area contributed by atoms with Crippen LogP contribution in [-0.2, 0) is 0 Å². The van der Waals surface area contributed by atoms with Crippen LogP contribution >= 0.6 is 0 Å². The average Bonchev–Trinajstić information content (AvgIpc) is 3.51. The molecule has 12 heteroatoms. The molecule has 0 radical (unpaired) electrons. The summed E-state index contributed by atoms with van der Waals surface area (Å²) in [5.41, 5.74) is 12.4. The number of anilines is 2. The van der Waals surface area contributed by atoms with Gasteiger partial charge in [0.25, 0.3) is 0 Å². The lowest BCUT2D eigenvalue weighted by Gasteiger charge is -2.37. The van der Waals surface area contributed by atoms with Crippen LogP contribution in [0.25, 0.3) is 45.0 Å². The Labute approximate surface area is 206 Å². The Morgan fingerprint density at radius 2 is 1.67 bits per heavy atom. The Balaban J connectivity index is 1.26. The number of nitrogens with zero attached hydrogens (tertiary/aromatic N) is 9. The normalized spacial score (nSPS) is 17.3. The number of rotatable bonds is 4. The van der Waals surface area contributed by atoms with Gasteiger partial charge in [-0.05, 0) is 19.2 Å². The zero-order chi connectivity index (χ0) is 24.2. The van der Waals surface area contributed by atoms with Crippen molar-refractivity contribution in [3.8, 4) is 22.9 Å². The molecule has 0 unspecified atom stereocenters. The van der Waals surface area contributed by atoms with Gasteiger partial charge in [-0.2, -0.15) is 5.10 Å². The van der Waals surface area contributed by atoms with Gasteiger partial charge in [0, 0.05) is 45.3 Å². The number of fused-ring (bicyclic) bond motifs is 2. The van der Waals surface area contributed by atoms with E-state index in [9.17, 15) is 0 Å². The summed E-state index contributed by atoms with van der Waals surface area (Å²) in [6, 6.07) is 4.07. The average molecular weight is 483 g/mol. The first kappa shape index (κ1) is 21.1. The molecule has 182 valence electrons. The Kier molecular flexibility index (Phi) is 4.82. The third kappa shape index (κ3) is 3.53. The number of likely N-dealkylation sites (N-methyl/N-ethyl adjacent to an activating group) is 1. The van der Waals surface area contributed by atoms with Crippen molar-refractivity contribution in [3.63, 3.8) is 0 Å². The molecule has 2 fully saturated rings. The molecule has 0 spiro atoms. The predicted octanol–water partition coefficient (Wildman–Crippen LogP) is 1.25. The minimum absolute atomic E-state index is 0.189. The smallest absolute Gasteiger partial charge is 0.161 e. The first-order chi connectivity index (χ1) is 17.6. The van der Waals surface area contributed by atoms with Gasteiger partial charge in [0.2, 0.25) is 0 Å². The van der Waals surface area contributed by atoms with Crippen LogP contribution in [0.1, 0.15) is 0 Å². The number of nitrogens with two attached hydrogens (primary N) is 1. The number of aromatic amines is 2. The molecule has 0 atom stereocenters. The van der Waals surface area contributed by atoms with Crippen molar-refractivity contribution in [2.45, 2.75) is 6.04 Å². The summed E-state index contributed by atoms with van der Waals surface area (Å²) in [7, 11) is 2.15. The van der Waals surface area contributed by atoms with E-state index >= 15 is 0 Å². The van der Waals surface area contributed by atoms with Crippen LogP contribution in [-0.4, -0.2) is 97.4 Å². The largest absolute Gasteiger partial charge is 0.366 e. The standard InChI is InChI=1S/C24H26N12/c1-34-4-6-35(7-5-34)19-10-26-9-18-21(19)31-24(30-18)23-22-16(32-33-23)3-2-15(29-22)17-8-27-11-20(28-17)36-12-14(25)13-36/h2-3,8-11,14H,4-7,12-13,25H2,1H3,(H,30,31)(H,32,33). The van der Waals surface area contributed by atoms with Gasteiger partial charge in [-0.3, -0.25) is 15.1 Å². The number of nitrogens with one attached hydrogen (secondary N) is 2. The van der Waals surface area contributed by atoms with E-state index in [1.54, 1.807) is 12.4 Å². The molecule has 5 aromatic rings. The molecule has 0 aliphatic carbocycles. The Morgan fingerprint density at radius 3 is 2.50 bits per heavy atom. The molecule has 2 aliphatic heterocycles. The molecule has 12 nitrogen and oxygen atoms in total. The lowest BCUT2D eigenvalue weighted by atomic mass is 10.1. The molecule has 0 saturated carbocycles. The molecule has 0 aromatic carbocycles. The zero-order valence-electron chi connectivity index (χ0n) is 19.9. The fraction of sp³-hybridized carbons (Fsp3) is 0.333. The number of imidazole rings is 1. The van der Waals surface area contributed by atoms with Gasteiger partial charge in [-0.15, -0.1) is 0 Å². The summed E-state index contributed by atoms with van der Waals surface area (Å²) in [6.07, 6.45) is 7.19. The highest BCUT2D eigenvalue weighted by atomic mass is 15.3. The molecule has 2 saturated heterocycles. The predicted molar refractivity (Wildman–Crippen MR) is 138 cm³/mol. The second-order valence-electron chi connectivity index (χ2n) is 9.52. The van der Waals surface area contributed by atoms with Crippen molar-refractivity contribution in [1.82, 2.24) is 45.0 Å². The molecule has 36 heavy (non-hydrogen) atoms. The van der Waals surface area contributed by atoms with Gasteiger partial charge in [0.1, 0.15) is 22.5 Å². The molecule has 4 N–H and O–H groups in total. The minimum Gasteiger partial charge on any atom is -0.366 e. The van der Waals surface area contributed by atoms with E-state index in [0.29, 0.717) is 17.2 Å². The van der Waals surface area contributed by atoms with E-state index in [0.717, 1.165) is 78.5 Å². The molecule has 5 aromatic heterocycles. The lowest BCUT2D eigenvalue weighted by molar-refractivity contribution is 0.313. The van der Waals surface area contributed by atoms with Crippen LogP contribution in [0.5, 0.6) is 0 Å². The molecule has 7 rings (SSSR count). The van der Waals surface area contributed by atoms with Crippen LogP contribution in [0.4, 0.5) is 11.5 Å². The summed E-state index contributed by atoms with van der Waals surface area (Å²) >= 11 is 0. The van der Waals surface area contributed by atoms with Gasteiger partial charge in [-0.25, -0.2) is 15.0 Å². The summed E-state index contributed by atoms with van der Waals surface area (Å²) in [4.78, 5) is 33.6. The van der Waals surface area contributed by atoms with Gasteiger partial charge < -0.3 is 25.4 Å². The van der Waals surface area contributed by atoms with Crippen LogP contribution in [0.3, 0.4) is 0 Å². The topological polar surface area (TPSA) is 145 Å². The third-order valence-electron chi connectivity index (χ3n) is 6.97. The fourth-order valence-electron chi connectivity index (χ4n) is 4.85. The van der Waals surface area contributed by atoms with Gasteiger partial charge >= 0.3 is 0 Å². The molecule has 7 heterocycles. The maximum absolute atomic E-state index is 5.93. The molecular weight excluding hydrogens is 456 g/mol. The quantitative estimate of drug-likeness (QED) is 0.342. The van der Waals surface area contributed by atoms with Crippen molar-refractivity contribution < 1.29 is 0 Å². The second-order valence-corrected chi connectivity index (χ2v) is 9.52. The van der Waals surface area contributed by atoms with Crippen LogP contribution in [0, 0.1) is 0 Å². The number of H-pyrrole nitrogens is 2. The monoisotopic (exact) mass is 482 g/mol. The highest BCUT2D eigenvalue weighted by molar-refractivity contribution is 5.94. The number of hydrogen-bond donors (Lipinski definition) is 3. The second kappa shape index (κ2) is 8.21. The van der Waals surface area contributed by atoms with Gasteiger partial charge in [0.05, 0.1) is 47.2 Å². The summed E-state index contributed by atoms with van der Waals surface area (Å²) in [6.45, 7) is 5.48. The molecule has 2 aliphatic rings. The first-order valence-electron chi connectivity index (χ1n) is 12.1. The Hall–Kier alpha value is -4.16. The van der Waals surface area contributed by atoms with Crippen LogP contribution in [0.2, 0.25) is 0 Å². The van der Waals surface area contributed by atoms with E-state index in [1.165, 1.54) is 0 Å². The summed E-state index contributed by atoms with van der Waals surface area (Å²) < 4.78 is 0. The number of hydrogen-bond acceptors (Lipinski definition) is 10. The Bertz CT molecular complexity index is 1560. The minimum atomic E-state index is 0.189. The maximum atomic E-state index is 5.93. The summed E-state index contributed by atoms with van der Waals surface area (Å²) in [5.74, 6) is 1.46. The van der Waals surface area contributed by atoms with Crippen LogP contribution in [0.15, 0.2) is 36.9 Å². The van der Waals surface area contributed by atoms with Crippen LogP contribution < -0.4 is 15.5 Å². The molecule has 0 amide bonds. The summed E-state index contributed by atoms with van der Waals surface area (Å²) in [5, 5.41) is 7.63. The third-order valence-corrected chi connectivity index (χ3v) is 6.97. The Morgan fingerprint density at radius 1 is 0.833 bits per heavy atom. The van der Waals surface area contributed by atoms with E-state index in [4.69, 9.17) is 20.7 Å². The number of piperazine rings is 1. The SMILES string of the molecule is CN1CCN(c2cncc3[nH]c(-c4n[nH]c5ccc(-c6cncc(N7CC(N)C7)n6)nc45)nc23)CC1. The zero-order valence-corrected chi connectivity index (χ0v) is 19.9. The van der Waals surface area contributed by atoms with Crippen molar-refractivity contribution in [1.29, 1.82) is 0 Å². The van der Waals surface area contributed by atoms with Crippen molar-refractivity contribution in [3.05, 3.63) is 36.9 Å². The molecular formula is C24H26N12. The highest BCUT2D eigenvalue weighted by Crippen LogP contribution is 2.31. The van der Waals surface area contributed by atoms with Gasteiger partial charge in [0.15, 0.2) is 11.5 Å². The lowest BCUT2D eigenvalue weighted by Crippen LogP contribution is -2.56.